The predicted molar refractivity (Wildman–Crippen MR) is 68.6 cm³/mol. The maximum absolute atomic E-state index is 6.07. The Balaban J connectivity index is 2.73. The molecule has 1 heteroatoms. The summed E-state index contributed by atoms with van der Waals surface area (Å²) in [4.78, 5) is 0. The summed E-state index contributed by atoms with van der Waals surface area (Å²) in [5, 5.41) is 0.254. The molecule has 0 aliphatic carbocycles. The quantitative estimate of drug-likeness (QED) is 0.657. The van der Waals surface area contributed by atoms with Crippen molar-refractivity contribution >= 4 is 11.6 Å². The highest BCUT2D eigenvalue weighted by Gasteiger charge is 2.21. The molecule has 0 N–H and O–H groups in total. The van der Waals surface area contributed by atoms with Crippen LogP contribution in [0.15, 0.2) is 24.3 Å². The minimum absolute atomic E-state index is 0.254. The zero-order valence-corrected chi connectivity index (χ0v) is 10.9. The molecule has 0 bridgehead atoms. The molecule has 0 amide bonds. The van der Waals surface area contributed by atoms with Crippen LogP contribution in [0.4, 0.5) is 0 Å². The summed E-state index contributed by atoms with van der Waals surface area (Å²) < 4.78 is 0. The number of hydrogen-bond donors (Lipinski definition) is 0. The van der Waals surface area contributed by atoms with Gasteiger partial charge in [0.1, 0.15) is 0 Å². The normalized spacial score (nSPS) is 13.9. The van der Waals surface area contributed by atoms with Crippen LogP contribution in [0.2, 0.25) is 0 Å². The van der Waals surface area contributed by atoms with Crippen LogP contribution in [-0.2, 0) is 6.42 Å². The summed E-state index contributed by atoms with van der Waals surface area (Å²) >= 11 is 6.07. The van der Waals surface area contributed by atoms with E-state index in [0.29, 0.717) is 0 Å². The summed E-state index contributed by atoms with van der Waals surface area (Å²) in [6.07, 6.45) is 2.17. The Morgan fingerprint density at radius 2 is 1.87 bits per heavy atom. The molecule has 0 nitrogen and oxygen atoms in total. The van der Waals surface area contributed by atoms with Gasteiger partial charge in [-0.3, -0.25) is 0 Å². The topological polar surface area (TPSA) is 0 Å². The molecule has 1 atom stereocenters. The zero-order valence-electron chi connectivity index (χ0n) is 10.2. The number of aryl methyl sites for hydroxylation is 1. The molecule has 1 rings (SSSR count). The maximum atomic E-state index is 6.07. The predicted octanol–water partition coefficient (Wildman–Crippen LogP) is 4.58. The van der Waals surface area contributed by atoms with Gasteiger partial charge in [-0.05, 0) is 43.2 Å². The van der Waals surface area contributed by atoms with E-state index in [2.05, 4.69) is 52.0 Å². The van der Waals surface area contributed by atoms with Crippen LogP contribution in [0, 0.1) is 12.3 Å². The highest BCUT2D eigenvalue weighted by molar-refractivity contribution is 6.20. The van der Waals surface area contributed by atoms with Crippen molar-refractivity contribution in [3.8, 4) is 0 Å². The molecule has 1 unspecified atom stereocenters. The fourth-order valence-corrected chi connectivity index (χ4v) is 2.58. The lowest BCUT2D eigenvalue weighted by Crippen LogP contribution is -2.19. The molecule has 1 aromatic rings. The van der Waals surface area contributed by atoms with Gasteiger partial charge in [-0.1, -0.05) is 38.1 Å². The Morgan fingerprint density at radius 1 is 1.27 bits per heavy atom. The van der Waals surface area contributed by atoms with Crippen molar-refractivity contribution in [2.75, 3.05) is 0 Å². The Hall–Kier alpha value is -0.490. The van der Waals surface area contributed by atoms with Crippen LogP contribution in [0.3, 0.4) is 0 Å². The van der Waals surface area contributed by atoms with Crippen LogP contribution < -0.4 is 0 Å². The van der Waals surface area contributed by atoms with E-state index in [0.717, 1.165) is 12.8 Å². The summed E-state index contributed by atoms with van der Waals surface area (Å²) in [6, 6.07) is 8.60. The van der Waals surface area contributed by atoms with Crippen molar-refractivity contribution in [2.45, 2.75) is 45.9 Å². The Morgan fingerprint density at radius 3 is 2.40 bits per heavy atom. The molecule has 0 saturated carbocycles. The second-order valence-corrected chi connectivity index (χ2v) is 6.00. The molecule has 0 spiro atoms. The Labute approximate surface area is 98.7 Å². The number of rotatable bonds is 4. The number of hydrogen-bond acceptors (Lipinski definition) is 0. The third-order valence-corrected chi connectivity index (χ3v) is 2.92. The van der Waals surface area contributed by atoms with Crippen LogP contribution in [0.5, 0.6) is 0 Å². The third-order valence-electron chi connectivity index (χ3n) is 2.76. The van der Waals surface area contributed by atoms with Crippen LogP contribution in [0.1, 0.15) is 38.3 Å². The molecule has 15 heavy (non-hydrogen) atoms. The zero-order chi connectivity index (χ0) is 11.5. The molecule has 0 fully saturated rings. The molecule has 0 radical (unpaired) electrons. The highest BCUT2D eigenvalue weighted by Crippen LogP contribution is 2.30. The number of alkyl halides is 1. The van der Waals surface area contributed by atoms with Gasteiger partial charge in [0.2, 0.25) is 0 Å². The van der Waals surface area contributed by atoms with Crippen molar-refractivity contribution in [2.24, 2.45) is 5.41 Å². The third kappa shape index (κ3) is 4.25. The van der Waals surface area contributed by atoms with Crippen molar-refractivity contribution < 1.29 is 0 Å². The van der Waals surface area contributed by atoms with Crippen LogP contribution >= 0.6 is 11.6 Å². The lowest BCUT2D eigenvalue weighted by atomic mass is 9.81. The summed E-state index contributed by atoms with van der Waals surface area (Å²) in [7, 11) is 0. The molecule has 0 aliphatic rings. The van der Waals surface area contributed by atoms with Crippen molar-refractivity contribution in [3.05, 3.63) is 35.4 Å². The molecule has 84 valence electrons. The molecule has 0 heterocycles. The smallest absolute Gasteiger partial charge is 0.0313 e. The van der Waals surface area contributed by atoms with Crippen molar-refractivity contribution in [1.82, 2.24) is 0 Å². The second kappa shape index (κ2) is 5.03. The van der Waals surface area contributed by atoms with Gasteiger partial charge >= 0.3 is 0 Å². The van der Waals surface area contributed by atoms with Gasteiger partial charge < -0.3 is 0 Å². The Bertz CT molecular complexity index is 313. The summed E-state index contributed by atoms with van der Waals surface area (Å²) in [5.74, 6) is 0. The lowest BCUT2D eigenvalue weighted by molar-refractivity contribution is 0.331. The van der Waals surface area contributed by atoms with E-state index in [1.807, 2.05) is 0 Å². The van der Waals surface area contributed by atoms with Gasteiger partial charge in [-0.15, -0.1) is 11.6 Å². The first-order chi connectivity index (χ1) is 6.91. The summed E-state index contributed by atoms with van der Waals surface area (Å²) in [6.45, 7) is 8.83. The van der Waals surface area contributed by atoms with Crippen molar-refractivity contribution in [1.29, 1.82) is 0 Å². The van der Waals surface area contributed by atoms with Gasteiger partial charge in [0.05, 0.1) is 0 Å². The largest absolute Gasteiger partial charge is 0.123 e. The molecule has 0 aromatic heterocycles. The fourth-order valence-electron chi connectivity index (χ4n) is 2.16. The minimum Gasteiger partial charge on any atom is -0.123 e. The second-order valence-electron chi connectivity index (χ2n) is 5.25. The average Bonchev–Trinajstić information content (AvgIpc) is 2.06. The first-order valence-corrected chi connectivity index (χ1v) is 6.03. The van der Waals surface area contributed by atoms with Gasteiger partial charge in [0, 0.05) is 5.38 Å². The van der Waals surface area contributed by atoms with E-state index < -0.39 is 0 Å². The van der Waals surface area contributed by atoms with Gasteiger partial charge in [0.25, 0.3) is 0 Å². The van der Waals surface area contributed by atoms with E-state index in [9.17, 15) is 0 Å². The Kier molecular flexibility index (Phi) is 4.21. The van der Waals surface area contributed by atoms with E-state index in [4.69, 9.17) is 11.6 Å². The molecule has 1 aromatic carbocycles. The van der Waals surface area contributed by atoms with Gasteiger partial charge in [0.15, 0.2) is 0 Å². The molecular formula is C14H21Cl. The first-order valence-electron chi connectivity index (χ1n) is 5.59. The molecular weight excluding hydrogens is 204 g/mol. The van der Waals surface area contributed by atoms with E-state index in [1.54, 1.807) is 0 Å². The van der Waals surface area contributed by atoms with Crippen LogP contribution in [0.25, 0.3) is 0 Å². The first kappa shape index (κ1) is 12.6. The minimum atomic E-state index is 0.254. The monoisotopic (exact) mass is 224 g/mol. The van der Waals surface area contributed by atoms with E-state index in [-0.39, 0.29) is 10.8 Å². The van der Waals surface area contributed by atoms with Crippen LogP contribution in [-0.4, -0.2) is 5.38 Å². The van der Waals surface area contributed by atoms with Gasteiger partial charge in [-0.25, -0.2) is 0 Å². The van der Waals surface area contributed by atoms with Crippen molar-refractivity contribution in [3.63, 3.8) is 0 Å². The molecule has 0 aliphatic heterocycles. The summed E-state index contributed by atoms with van der Waals surface area (Å²) in [5.41, 5.74) is 3.11. The SMILES string of the molecule is Cc1ccccc1CC(C)(C)CC(C)Cl. The number of halogens is 1. The highest BCUT2D eigenvalue weighted by atomic mass is 35.5. The average molecular weight is 225 g/mol. The standard InChI is InChI=1S/C14H21Cl/c1-11-7-5-6-8-13(11)10-14(3,4)9-12(2)15/h5-8,12H,9-10H2,1-4H3. The fraction of sp³-hybridized carbons (Fsp3) is 0.571. The number of benzene rings is 1. The lowest BCUT2D eigenvalue weighted by Gasteiger charge is -2.26. The van der Waals surface area contributed by atoms with E-state index in [1.165, 1.54) is 11.1 Å². The maximum Gasteiger partial charge on any atom is 0.0313 e. The van der Waals surface area contributed by atoms with E-state index >= 15 is 0 Å². The molecule has 0 saturated heterocycles. The van der Waals surface area contributed by atoms with Gasteiger partial charge in [-0.2, -0.15) is 0 Å².